The number of nitrogens with two attached hydrogens (primary N) is 1. The van der Waals surface area contributed by atoms with Gasteiger partial charge in [-0.15, -0.1) is 0 Å². The van der Waals surface area contributed by atoms with E-state index >= 15 is 0 Å². The average molecular weight is 408 g/mol. The lowest BCUT2D eigenvalue weighted by molar-refractivity contribution is -0.145. The van der Waals surface area contributed by atoms with Crippen LogP contribution in [0.3, 0.4) is 0 Å². The highest BCUT2D eigenvalue weighted by atomic mass is 32.2. The van der Waals surface area contributed by atoms with Gasteiger partial charge in [-0.3, -0.25) is 14.4 Å². The SMILES string of the molecule is CSCCC(NC(=O)CNC(=O)C(N)C(C)O)C(=O)NC(C(=O)O)C(C)O. The van der Waals surface area contributed by atoms with E-state index in [0.29, 0.717) is 5.75 Å². The van der Waals surface area contributed by atoms with Crippen molar-refractivity contribution in [1.29, 1.82) is 0 Å². The summed E-state index contributed by atoms with van der Waals surface area (Å²) in [5, 5.41) is 34.5. The molecule has 5 atom stereocenters. The molecular weight excluding hydrogens is 380 g/mol. The summed E-state index contributed by atoms with van der Waals surface area (Å²) in [5.74, 6) is -3.09. The Hall–Kier alpha value is -1.89. The van der Waals surface area contributed by atoms with E-state index in [1.165, 1.54) is 25.6 Å². The molecule has 11 nitrogen and oxygen atoms in total. The van der Waals surface area contributed by atoms with Crippen LogP contribution in [0.5, 0.6) is 0 Å². The lowest BCUT2D eigenvalue weighted by atomic mass is 10.1. The van der Waals surface area contributed by atoms with Crippen LogP contribution in [0, 0.1) is 0 Å². The number of carbonyl (C=O) groups is 4. The largest absolute Gasteiger partial charge is 0.480 e. The minimum Gasteiger partial charge on any atom is -0.480 e. The first-order valence-corrected chi connectivity index (χ1v) is 9.61. The molecular formula is C15H28N4O7S. The lowest BCUT2D eigenvalue weighted by Gasteiger charge is -2.23. The van der Waals surface area contributed by atoms with E-state index in [-0.39, 0.29) is 6.42 Å². The maximum Gasteiger partial charge on any atom is 0.328 e. The molecule has 0 radical (unpaired) electrons. The minimum absolute atomic E-state index is 0.214. The van der Waals surface area contributed by atoms with Crippen molar-refractivity contribution < 1.29 is 34.5 Å². The molecule has 3 amide bonds. The highest BCUT2D eigenvalue weighted by Crippen LogP contribution is 2.03. The zero-order chi connectivity index (χ0) is 21.1. The van der Waals surface area contributed by atoms with Gasteiger partial charge in [0.25, 0.3) is 0 Å². The van der Waals surface area contributed by atoms with Gasteiger partial charge in [-0.2, -0.15) is 11.8 Å². The smallest absolute Gasteiger partial charge is 0.328 e. The summed E-state index contributed by atoms with van der Waals surface area (Å²) in [6, 6.07) is -3.77. The van der Waals surface area contributed by atoms with Gasteiger partial charge >= 0.3 is 5.97 Å². The minimum atomic E-state index is -1.52. The quantitative estimate of drug-likeness (QED) is 0.176. The topological polar surface area (TPSA) is 191 Å². The van der Waals surface area contributed by atoms with Gasteiger partial charge in [0.05, 0.1) is 18.8 Å². The Balaban J connectivity index is 4.84. The number of nitrogens with one attached hydrogen (secondary N) is 3. The summed E-state index contributed by atoms with van der Waals surface area (Å²) >= 11 is 1.42. The number of carboxylic acids is 1. The highest BCUT2D eigenvalue weighted by Gasteiger charge is 2.29. The molecule has 12 heteroatoms. The van der Waals surface area contributed by atoms with Crippen molar-refractivity contribution in [2.45, 2.75) is 50.6 Å². The normalized spacial score (nSPS) is 16.4. The van der Waals surface area contributed by atoms with Crippen LogP contribution >= 0.6 is 11.8 Å². The first kappa shape index (κ1) is 25.1. The molecule has 0 saturated carbocycles. The molecule has 0 fully saturated rings. The second-order valence-corrected chi connectivity index (χ2v) is 6.94. The first-order chi connectivity index (χ1) is 12.5. The zero-order valence-corrected chi connectivity index (χ0v) is 16.3. The molecule has 0 aliphatic rings. The van der Waals surface area contributed by atoms with Crippen LogP contribution in [-0.2, 0) is 19.2 Å². The van der Waals surface area contributed by atoms with Gasteiger partial charge in [-0.1, -0.05) is 0 Å². The fourth-order valence-corrected chi connectivity index (χ4v) is 2.37. The van der Waals surface area contributed by atoms with Crippen molar-refractivity contribution >= 4 is 35.5 Å². The Morgan fingerprint density at radius 1 is 1.04 bits per heavy atom. The van der Waals surface area contributed by atoms with Crippen LogP contribution in [0.4, 0.5) is 0 Å². The molecule has 0 rings (SSSR count). The fraction of sp³-hybridized carbons (Fsp3) is 0.733. The van der Waals surface area contributed by atoms with Gasteiger partial charge in [0, 0.05) is 0 Å². The molecule has 27 heavy (non-hydrogen) atoms. The number of thioether (sulfide) groups is 1. The Bertz CT molecular complexity index is 530. The van der Waals surface area contributed by atoms with Gasteiger partial charge in [0.1, 0.15) is 12.1 Å². The number of aliphatic hydroxyl groups is 2. The third kappa shape index (κ3) is 9.56. The number of aliphatic carboxylic acids is 1. The zero-order valence-electron chi connectivity index (χ0n) is 15.5. The van der Waals surface area contributed by atoms with E-state index in [9.17, 15) is 29.4 Å². The van der Waals surface area contributed by atoms with E-state index in [1.54, 1.807) is 6.26 Å². The average Bonchev–Trinajstić information content (AvgIpc) is 2.59. The summed E-state index contributed by atoms with van der Waals surface area (Å²) in [5.41, 5.74) is 5.43. The van der Waals surface area contributed by atoms with Crippen LogP contribution in [0.1, 0.15) is 20.3 Å². The summed E-state index contributed by atoms with van der Waals surface area (Å²) in [7, 11) is 0. The summed E-state index contributed by atoms with van der Waals surface area (Å²) in [6.07, 6.45) is -0.415. The number of carboxylic acid groups (broad SMARTS) is 1. The number of rotatable bonds is 12. The van der Waals surface area contributed by atoms with Crippen molar-refractivity contribution in [1.82, 2.24) is 16.0 Å². The fourth-order valence-electron chi connectivity index (χ4n) is 1.90. The molecule has 0 bridgehead atoms. The predicted molar refractivity (Wildman–Crippen MR) is 98.8 cm³/mol. The van der Waals surface area contributed by atoms with Crippen LogP contribution in [0.15, 0.2) is 0 Å². The van der Waals surface area contributed by atoms with Crippen molar-refractivity contribution in [3.63, 3.8) is 0 Å². The molecule has 0 heterocycles. The second kappa shape index (κ2) is 12.5. The molecule has 156 valence electrons. The van der Waals surface area contributed by atoms with Gasteiger partial charge in [-0.25, -0.2) is 4.79 Å². The van der Waals surface area contributed by atoms with Crippen molar-refractivity contribution in [3.05, 3.63) is 0 Å². The van der Waals surface area contributed by atoms with Gasteiger partial charge < -0.3 is 37.0 Å². The Labute approximate surface area is 161 Å². The van der Waals surface area contributed by atoms with Crippen molar-refractivity contribution in [3.8, 4) is 0 Å². The maximum atomic E-state index is 12.3. The molecule has 0 saturated heterocycles. The second-order valence-electron chi connectivity index (χ2n) is 5.95. The van der Waals surface area contributed by atoms with E-state index in [1.807, 2.05) is 0 Å². The molecule has 8 N–H and O–H groups in total. The van der Waals surface area contributed by atoms with Gasteiger partial charge in [0.15, 0.2) is 6.04 Å². The number of amides is 3. The standard InChI is InChI=1S/C15H28N4O7S/c1-7(20)11(16)14(24)17-6-10(22)18-9(4-5-27-3)13(23)19-12(8(2)21)15(25)26/h7-9,11-12,20-21H,4-6,16H2,1-3H3,(H,17,24)(H,18,22)(H,19,23)(H,25,26). The lowest BCUT2D eigenvalue weighted by Crippen LogP contribution is -2.56. The van der Waals surface area contributed by atoms with Crippen LogP contribution in [0.2, 0.25) is 0 Å². The molecule has 0 aliphatic heterocycles. The molecule has 0 aromatic carbocycles. The monoisotopic (exact) mass is 408 g/mol. The number of carbonyl (C=O) groups excluding carboxylic acids is 3. The molecule has 0 aromatic heterocycles. The van der Waals surface area contributed by atoms with Crippen LogP contribution in [-0.4, -0.2) is 87.9 Å². The third-order valence-corrected chi connectivity index (χ3v) is 4.20. The van der Waals surface area contributed by atoms with E-state index < -0.39 is 60.6 Å². The van der Waals surface area contributed by atoms with Crippen LogP contribution < -0.4 is 21.7 Å². The van der Waals surface area contributed by atoms with Crippen molar-refractivity contribution in [2.24, 2.45) is 5.73 Å². The van der Waals surface area contributed by atoms with Crippen LogP contribution in [0.25, 0.3) is 0 Å². The van der Waals surface area contributed by atoms with Gasteiger partial charge in [-0.05, 0) is 32.3 Å². The molecule has 0 aliphatic carbocycles. The molecule has 0 aromatic rings. The number of hydrogen-bond donors (Lipinski definition) is 7. The Morgan fingerprint density at radius 3 is 2.07 bits per heavy atom. The third-order valence-electron chi connectivity index (χ3n) is 3.55. The van der Waals surface area contributed by atoms with E-state index in [2.05, 4.69) is 16.0 Å². The summed E-state index contributed by atoms with van der Waals surface area (Å²) < 4.78 is 0. The van der Waals surface area contributed by atoms with Crippen molar-refractivity contribution in [2.75, 3.05) is 18.6 Å². The predicted octanol–water partition coefficient (Wildman–Crippen LogP) is -3.00. The Morgan fingerprint density at radius 2 is 1.63 bits per heavy atom. The summed E-state index contributed by atoms with van der Waals surface area (Å²) in [4.78, 5) is 47.0. The highest BCUT2D eigenvalue weighted by molar-refractivity contribution is 7.98. The molecule has 0 spiro atoms. The van der Waals surface area contributed by atoms with Gasteiger partial charge in [0.2, 0.25) is 17.7 Å². The molecule has 5 unspecified atom stereocenters. The van der Waals surface area contributed by atoms with E-state index in [4.69, 9.17) is 10.8 Å². The summed E-state index contributed by atoms with van der Waals surface area (Å²) in [6.45, 7) is 2.07. The first-order valence-electron chi connectivity index (χ1n) is 8.22. The van der Waals surface area contributed by atoms with E-state index in [0.717, 1.165) is 0 Å². The Kier molecular flexibility index (Phi) is 11.6. The number of hydrogen-bond acceptors (Lipinski definition) is 8. The number of aliphatic hydroxyl groups excluding tert-OH is 2. The maximum absolute atomic E-state index is 12.3.